The van der Waals surface area contributed by atoms with Gasteiger partial charge in [-0.25, -0.2) is 0 Å². The van der Waals surface area contributed by atoms with Gasteiger partial charge < -0.3 is 14.8 Å². The Morgan fingerprint density at radius 1 is 1.24 bits per heavy atom. The fourth-order valence-electron chi connectivity index (χ4n) is 2.84. The summed E-state index contributed by atoms with van der Waals surface area (Å²) in [5, 5.41) is 3.41. The van der Waals surface area contributed by atoms with Crippen molar-refractivity contribution in [3.63, 3.8) is 0 Å². The number of nitrogens with one attached hydrogen (secondary N) is 1. The second-order valence-electron chi connectivity index (χ2n) is 5.36. The van der Waals surface area contributed by atoms with Gasteiger partial charge in [-0.05, 0) is 48.4 Å². The maximum absolute atomic E-state index is 5.58. The predicted molar refractivity (Wildman–Crippen MR) is 84.1 cm³/mol. The Kier molecular flexibility index (Phi) is 4.11. The van der Waals surface area contributed by atoms with E-state index >= 15 is 0 Å². The van der Waals surface area contributed by atoms with Crippen LogP contribution in [0.3, 0.4) is 0 Å². The van der Waals surface area contributed by atoms with Gasteiger partial charge in [0.15, 0.2) is 0 Å². The average molecular weight is 283 g/mol. The molecule has 0 amide bonds. The minimum absolute atomic E-state index is 0.294. The second-order valence-corrected chi connectivity index (χ2v) is 5.36. The van der Waals surface area contributed by atoms with Crippen molar-refractivity contribution in [1.29, 1.82) is 0 Å². The van der Waals surface area contributed by atoms with Crippen LogP contribution in [0.5, 0.6) is 11.5 Å². The van der Waals surface area contributed by atoms with Crippen LogP contribution in [0.4, 0.5) is 0 Å². The molecule has 3 heteroatoms. The predicted octanol–water partition coefficient (Wildman–Crippen LogP) is 3.13. The third-order valence-corrected chi connectivity index (χ3v) is 4.04. The van der Waals surface area contributed by atoms with Crippen LogP contribution in [0.2, 0.25) is 0 Å². The summed E-state index contributed by atoms with van der Waals surface area (Å²) in [7, 11) is 3.71. The largest absolute Gasteiger partial charge is 0.497 e. The molecule has 1 aliphatic rings. The van der Waals surface area contributed by atoms with Crippen LogP contribution in [0.15, 0.2) is 42.5 Å². The van der Waals surface area contributed by atoms with E-state index in [1.54, 1.807) is 7.11 Å². The van der Waals surface area contributed by atoms with E-state index in [4.69, 9.17) is 9.47 Å². The Bertz CT molecular complexity index is 624. The van der Waals surface area contributed by atoms with Gasteiger partial charge in [0.2, 0.25) is 0 Å². The summed E-state index contributed by atoms with van der Waals surface area (Å²) in [6.45, 7) is 0.804. The van der Waals surface area contributed by atoms with Gasteiger partial charge in [0.1, 0.15) is 11.5 Å². The molecule has 2 aromatic carbocycles. The number of benzene rings is 2. The molecule has 0 fully saturated rings. The number of methoxy groups -OCH3 is 1. The van der Waals surface area contributed by atoms with Crippen LogP contribution in [0.1, 0.15) is 22.7 Å². The standard InChI is InChI=1S/C18H21NO2/c1-19-17(11-13-4-3-5-16(10-13)20-2)14-6-7-18-15(12-14)8-9-21-18/h3-7,10,12,17,19H,8-9,11H2,1-2H3. The van der Waals surface area contributed by atoms with Gasteiger partial charge in [0.05, 0.1) is 13.7 Å². The average Bonchev–Trinajstić information content (AvgIpc) is 3.00. The summed E-state index contributed by atoms with van der Waals surface area (Å²) in [4.78, 5) is 0. The fraction of sp³-hybridized carbons (Fsp3) is 0.333. The van der Waals surface area contributed by atoms with Crippen LogP contribution in [-0.2, 0) is 12.8 Å². The molecule has 0 bridgehead atoms. The first-order valence-corrected chi connectivity index (χ1v) is 7.36. The second kappa shape index (κ2) is 6.19. The van der Waals surface area contributed by atoms with Crippen LogP contribution in [0.25, 0.3) is 0 Å². The smallest absolute Gasteiger partial charge is 0.122 e. The van der Waals surface area contributed by atoms with Gasteiger partial charge in [-0.15, -0.1) is 0 Å². The summed E-state index contributed by atoms with van der Waals surface area (Å²) in [6.07, 6.45) is 1.95. The fourth-order valence-corrected chi connectivity index (χ4v) is 2.84. The van der Waals surface area contributed by atoms with Crippen molar-refractivity contribution in [1.82, 2.24) is 5.32 Å². The number of ether oxygens (including phenoxy) is 2. The highest BCUT2D eigenvalue weighted by atomic mass is 16.5. The lowest BCUT2D eigenvalue weighted by Crippen LogP contribution is -2.19. The topological polar surface area (TPSA) is 30.5 Å². The zero-order chi connectivity index (χ0) is 14.7. The van der Waals surface area contributed by atoms with Crippen LogP contribution >= 0.6 is 0 Å². The van der Waals surface area contributed by atoms with Crippen molar-refractivity contribution >= 4 is 0 Å². The van der Waals surface area contributed by atoms with E-state index in [2.05, 4.69) is 35.6 Å². The van der Waals surface area contributed by atoms with Gasteiger partial charge in [-0.3, -0.25) is 0 Å². The van der Waals surface area contributed by atoms with E-state index in [1.807, 2.05) is 19.2 Å². The highest BCUT2D eigenvalue weighted by molar-refractivity contribution is 5.41. The maximum atomic E-state index is 5.58. The third-order valence-electron chi connectivity index (χ3n) is 4.04. The number of hydrogen-bond donors (Lipinski definition) is 1. The normalized spacial score (nSPS) is 14.4. The summed E-state index contributed by atoms with van der Waals surface area (Å²) in [6, 6.07) is 15.1. The Morgan fingerprint density at radius 2 is 2.14 bits per heavy atom. The van der Waals surface area contributed by atoms with Crippen molar-refractivity contribution in [2.75, 3.05) is 20.8 Å². The molecule has 0 aliphatic carbocycles. The summed E-state index contributed by atoms with van der Waals surface area (Å²) < 4.78 is 10.9. The Balaban J connectivity index is 1.81. The highest BCUT2D eigenvalue weighted by Crippen LogP contribution is 2.29. The first-order chi connectivity index (χ1) is 10.3. The summed E-state index contributed by atoms with van der Waals surface area (Å²) >= 11 is 0. The quantitative estimate of drug-likeness (QED) is 0.914. The first-order valence-electron chi connectivity index (χ1n) is 7.36. The molecule has 21 heavy (non-hydrogen) atoms. The third kappa shape index (κ3) is 3.03. The van der Waals surface area contributed by atoms with Gasteiger partial charge in [-0.2, -0.15) is 0 Å². The van der Waals surface area contributed by atoms with Gasteiger partial charge in [-0.1, -0.05) is 24.3 Å². The van der Waals surface area contributed by atoms with E-state index in [9.17, 15) is 0 Å². The molecular formula is C18H21NO2. The Labute approximate surface area is 125 Å². The van der Waals surface area contributed by atoms with Crippen molar-refractivity contribution in [2.24, 2.45) is 0 Å². The monoisotopic (exact) mass is 283 g/mol. The molecule has 0 radical (unpaired) electrons. The number of likely N-dealkylation sites (N-methyl/N-ethyl adjacent to an activating group) is 1. The van der Waals surface area contributed by atoms with Crippen molar-refractivity contribution in [3.05, 3.63) is 59.2 Å². The molecule has 2 aromatic rings. The maximum Gasteiger partial charge on any atom is 0.122 e. The Hall–Kier alpha value is -2.00. The molecule has 0 saturated heterocycles. The van der Waals surface area contributed by atoms with Gasteiger partial charge in [0, 0.05) is 12.5 Å². The lowest BCUT2D eigenvalue weighted by molar-refractivity contribution is 0.356. The minimum Gasteiger partial charge on any atom is -0.497 e. The molecule has 1 atom stereocenters. The van der Waals surface area contributed by atoms with E-state index in [1.165, 1.54) is 16.7 Å². The first kappa shape index (κ1) is 14.0. The number of hydrogen-bond acceptors (Lipinski definition) is 3. The molecule has 1 aliphatic heterocycles. The van der Waals surface area contributed by atoms with Crippen molar-refractivity contribution in [3.8, 4) is 11.5 Å². The lowest BCUT2D eigenvalue weighted by atomic mass is 9.97. The van der Waals surface area contributed by atoms with Gasteiger partial charge >= 0.3 is 0 Å². The molecule has 3 rings (SSSR count). The number of rotatable bonds is 5. The van der Waals surface area contributed by atoms with Crippen LogP contribution in [-0.4, -0.2) is 20.8 Å². The summed E-state index contributed by atoms with van der Waals surface area (Å²) in [5.74, 6) is 1.94. The Morgan fingerprint density at radius 3 is 2.95 bits per heavy atom. The lowest BCUT2D eigenvalue weighted by Gasteiger charge is -2.18. The molecule has 1 N–H and O–H groups in total. The van der Waals surface area contributed by atoms with E-state index in [0.29, 0.717) is 6.04 Å². The molecule has 0 spiro atoms. The molecular weight excluding hydrogens is 262 g/mol. The van der Waals surface area contributed by atoms with Crippen molar-refractivity contribution in [2.45, 2.75) is 18.9 Å². The van der Waals surface area contributed by atoms with E-state index in [0.717, 1.165) is 30.9 Å². The van der Waals surface area contributed by atoms with Crippen LogP contribution in [0, 0.1) is 0 Å². The molecule has 0 aromatic heterocycles. The zero-order valence-corrected chi connectivity index (χ0v) is 12.6. The molecule has 1 unspecified atom stereocenters. The SMILES string of the molecule is CNC(Cc1cccc(OC)c1)c1ccc2c(c1)CCO2. The van der Waals surface area contributed by atoms with Crippen LogP contribution < -0.4 is 14.8 Å². The highest BCUT2D eigenvalue weighted by Gasteiger charge is 2.16. The van der Waals surface area contributed by atoms with E-state index < -0.39 is 0 Å². The number of fused-ring (bicyclic) bond motifs is 1. The van der Waals surface area contributed by atoms with Gasteiger partial charge in [0.25, 0.3) is 0 Å². The zero-order valence-electron chi connectivity index (χ0n) is 12.6. The molecule has 0 saturated carbocycles. The molecule has 3 nitrogen and oxygen atoms in total. The minimum atomic E-state index is 0.294. The molecule has 110 valence electrons. The molecule has 1 heterocycles. The van der Waals surface area contributed by atoms with Crippen molar-refractivity contribution < 1.29 is 9.47 Å². The summed E-state index contributed by atoms with van der Waals surface area (Å²) in [5.41, 5.74) is 3.90. The van der Waals surface area contributed by atoms with E-state index in [-0.39, 0.29) is 0 Å².